The molecule has 0 aliphatic rings. The van der Waals surface area contributed by atoms with Crippen LogP contribution in [0.25, 0.3) is 0 Å². The summed E-state index contributed by atoms with van der Waals surface area (Å²) in [6, 6.07) is 8.18. The van der Waals surface area contributed by atoms with Gasteiger partial charge in [0.1, 0.15) is 0 Å². The molecule has 0 N–H and O–H groups in total. The van der Waals surface area contributed by atoms with Crippen LogP contribution in [0.5, 0.6) is 0 Å². The van der Waals surface area contributed by atoms with Crippen LogP contribution in [0.2, 0.25) is 0 Å². The molecule has 102 valence electrons. The summed E-state index contributed by atoms with van der Waals surface area (Å²) in [5.41, 5.74) is 1.05. The van der Waals surface area contributed by atoms with Gasteiger partial charge in [-0.1, -0.05) is 40.5 Å². The number of hydrogen-bond acceptors (Lipinski definition) is 1. The Labute approximate surface area is 128 Å². The van der Waals surface area contributed by atoms with Gasteiger partial charge in [0.25, 0.3) is 0 Å². The number of unbranched alkanes of at least 4 members (excludes halogenated alkanes) is 1. The summed E-state index contributed by atoms with van der Waals surface area (Å²) < 4.78 is 6.16. The molecule has 0 saturated carbocycles. The lowest BCUT2D eigenvalue weighted by Gasteiger charge is -2.31. The normalized spacial score (nSPS) is 11.8. The fourth-order valence-electron chi connectivity index (χ4n) is 2.05. The molecule has 0 aliphatic heterocycles. The zero-order chi connectivity index (χ0) is 13.4. The van der Waals surface area contributed by atoms with E-state index in [0.29, 0.717) is 11.8 Å². The molecule has 0 unspecified atom stereocenters. The molecule has 0 radical (unpaired) electrons. The number of methoxy groups -OCH3 is 1. The summed E-state index contributed by atoms with van der Waals surface area (Å²) in [5.74, 6) is 1.07. The van der Waals surface area contributed by atoms with Crippen molar-refractivity contribution in [1.29, 1.82) is 0 Å². The molecule has 0 amide bonds. The Morgan fingerprint density at radius 3 is 2.39 bits per heavy atom. The van der Waals surface area contributed by atoms with E-state index < -0.39 is 0 Å². The van der Waals surface area contributed by atoms with Gasteiger partial charge in [-0.2, -0.15) is 0 Å². The summed E-state index contributed by atoms with van der Waals surface area (Å²) in [7, 11) is 1.73. The van der Waals surface area contributed by atoms with Crippen LogP contribution in [0.1, 0.15) is 24.8 Å². The van der Waals surface area contributed by atoms with Crippen molar-refractivity contribution in [3.8, 4) is 0 Å². The Morgan fingerprint density at radius 1 is 1.17 bits per heavy atom. The molecule has 0 heterocycles. The fourth-order valence-corrected chi connectivity index (χ4v) is 3.60. The fraction of sp³-hybridized carbons (Fsp3) is 0.571. The third kappa shape index (κ3) is 4.12. The van der Waals surface area contributed by atoms with Crippen LogP contribution in [0.15, 0.2) is 28.7 Å². The molecular formula is C14H19BrCl2O. The van der Waals surface area contributed by atoms with Crippen molar-refractivity contribution < 1.29 is 4.74 Å². The van der Waals surface area contributed by atoms with Crippen LogP contribution in [0, 0.1) is 0 Å². The second-order valence-electron chi connectivity index (χ2n) is 4.48. The Hall–Kier alpha value is 0.240. The smallest absolute Gasteiger partial charge is 0.0462 e. The highest BCUT2D eigenvalue weighted by Gasteiger charge is 2.31. The average molecular weight is 354 g/mol. The third-order valence-electron chi connectivity index (χ3n) is 3.21. The molecule has 0 atom stereocenters. The van der Waals surface area contributed by atoms with Crippen LogP contribution in [0.4, 0.5) is 0 Å². The average Bonchev–Trinajstić information content (AvgIpc) is 2.41. The maximum absolute atomic E-state index is 6.21. The SMILES string of the molecule is COCCCCC(CCl)(CCl)c1ccccc1Br. The van der Waals surface area contributed by atoms with E-state index in [1.54, 1.807) is 7.11 Å². The second kappa shape index (κ2) is 8.42. The van der Waals surface area contributed by atoms with Crippen molar-refractivity contribution in [1.82, 2.24) is 0 Å². The first-order chi connectivity index (χ1) is 8.70. The van der Waals surface area contributed by atoms with Gasteiger partial charge in [-0.15, -0.1) is 23.2 Å². The van der Waals surface area contributed by atoms with E-state index in [-0.39, 0.29) is 5.41 Å². The first-order valence-electron chi connectivity index (χ1n) is 6.06. The highest BCUT2D eigenvalue weighted by molar-refractivity contribution is 9.10. The van der Waals surface area contributed by atoms with E-state index in [1.165, 1.54) is 5.56 Å². The number of hydrogen-bond donors (Lipinski definition) is 0. The molecule has 0 spiro atoms. The van der Waals surface area contributed by atoms with E-state index in [2.05, 4.69) is 22.0 Å². The lowest BCUT2D eigenvalue weighted by molar-refractivity contribution is 0.190. The highest BCUT2D eigenvalue weighted by Crippen LogP contribution is 2.37. The Morgan fingerprint density at radius 2 is 1.83 bits per heavy atom. The minimum Gasteiger partial charge on any atom is -0.385 e. The van der Waals surface area contributed by atoms with Crippen LogP contribution in [-0.4, -0.2) is 25.5 Å². The van der Waals surface area contributed by atoms with Crippen molar-refractivity contribution in [2.45, 2.75) is 24.7 Å². The molecule has 0 fully saturated rings. The Balaban J connectivity index is 2.83. The molecule has 1 aromatic rings. The molecule has 1 rings (SSSR count). The molecule has 0 bridgehead atoms. The summed E-state index contributed by atoms with van der Waals surface area (Å²) >= 11 is 16.0. The molecule has 4 heteroatoms. The van der Waals surface area contributed by atoms with Gasteiger partial charge in [0.05, 0.1) is 0 Å². The standard InChI is InChI=1S/C14H19BrCl2O/c1-18-9-5-4-8-14(10-16,11-17)12-6-2-3-7-13(12)15/h2-3,6-7H,4-5,8-11H2,1H3. The number of ether oxygens (including phenoxy) is 1. The predicted octanol–water partition coefficient (Wildman–Crippen LogP) is 4.98. The highest BCUT2D eigenvalue weighted by atomic mass is 79.9. The van der Waals surface area contributed by atoms with Gasteiger partial charge in [0.15, 0.2) is 0 Å². The van der Waals surface area contributed by atoms with E-state index in [9.17, 15) is 0 Å². The third-order valence-corrected chi connectivity index (χ3v) is 4.93. The second-order valence-corrected chi connectivity index (χ2v) is 5.87. The maximum atomic E-state index is 6.21. The number of rotatable bonds is 8. The summed E-state index contributed by atoms with van der Waals surface area (Å²) in [4.78, 5) is 0. The van der Waals surface area contributed by atoms with Gasteiger partial charge in [-0.05, 0) is 24.5 Å². The Bertz CT molecular complexity index is 353. The number of alkyl halides is 2. The van der Waals surface area contributed by atoms with Crippen molar-refractivity contribution in [3.05, 3.63) is 34.3 Å². The topological polar surface area (TPSA) is 9.23 Å². The summed E-state index contributed by atoms with van der Waals surface area (Å²) in [5, 5.41) is 0. The summed E-state index contributed by atoms with van der Waals surface area (Å²) in [6.07, 6.45) is 3.08. The van der Waals surface area contributed by atoms with Crippen LogP contribution in [-0.2, 0) is 10.2 Å². The monoisotopic (exact) mass is 352 g/mol. The zero-order valence-electron chi connectivity index (χ0n) is 10.6. The quantitative estimate of drug-likeness (QED) is 0.473. The van der Waals surface area contributed by atoms with Gasteiger partial charge in [0.2, 0.25) is 0 Å². The van der Waals surface area contributed by atoms with Crippen LogP contribution >= 0.6 is 39.1 Å². The molecule has 0 aliphatic carbocycles. The first kappa shape index (κ1) is 16.3. The maximum Gasteiger partial charge on any atom is 0.0462 e. The van der Waals surface area contributed by atoms with Crippen molar-refractivity contribution in [3.63, 3.8) is 0 Å². The van der Waals surface area contributed by atoms with Crippen molar-refractivity contribution >= 4 is 39.1 Å². The number of benzene rings is 1. The summed E-state index contributed by atoms with van der Waals surface area (Å²) in [6.45, 7) is 0.788. The molecule has 0 saturated heterocycles. The van der Waals surface area contributed by atoms with Gasteiger partial charge in [0, 0.05) is 35.4 Å². The minimum absolute atomic E-state index is 0.156. The predicted molar refractivity (Wildman–Crippen MR) is 83.0 cm³/mol. The lowest BCUT2D eigenvalue weighted by atomic mass is 9.79. The van der Waals surface area contributed by atoms with Crippen molar-refractivity contribution in [2.24, 2.45) is 0 Å². The molecule has 1 aromatic carbocycles. The molecule has 0 aromatic heterocycles. The van der Waals surface area contributed by atoms with Crippen LogP contribution < -0.4 is 0 Å². The molecular weight excluding hydrogens is 335 g/mol. The van der Waals surface area contributed by atoms with Gasteiger partial charge < -0.3 is 4.74 Å². The van der Waals surface area contributed by atoms with Gasteiger partial charge >= 0.3 is 0 Å². The molecule has 18 heavy (non-hydrogen) atoms. The first-order valence-corrected chi connectivity index (χ1v) is 7.92. The Kier molecular flexibility index (Phi) is 7.62. The van der Waals surface area contributed by atoms with Crippen molar-refractivity contribution in [2.75, 3.05) is 25.5 Å². The number of halogens is 3. The van der Waals surface area contributed by atoms with Gasteiger partial charge in [-0.3, -0.25) is 0 Å². The van der Waals surface area contributed by atoms with Gasteiger partial charge in [-0.25, -0.2) is 0 Å². The molecule has 1 nitrogen and oxygen atoms in total. The van der Waals surface area contributed by atoms with E-state index >= 15 is 0 Å². The zero-order valence-corrected chi connectivity index (χ0v) is 13.7. The largest absolute Gasteiger partial charge is 0.385 e. The lowest BCUT2D eigenvalue weighted by Crippen LogP contribution is -2.31. The van der Waals surface area contributed by atoms with E-state index in [1.807, 2.05) is 18.2 Å². The van der Waals surface area contributed by atoms with E-state index in [0.717, 1.165) is 30.3 Å². The van der Waals surface area contributed by atoms with Crippen LogP contribution in [0.3, 0.4) is 0 Å². The van der Waals surface area contributed by atoms with E-state index in [4.69, 9.17) is 27.9 Å². The minimum atomic E-state index is -0.156.